The Labute approximate surface area is 76.9 Å². The van der Waals surface area contributed by atoms with Gasteiger partial charge >= 0.3 is 0 Å². The Kier molecular flexibility index (Phi) is 3.00. The van der Waals surface area contributed by atoms with Crippen molar-refractivity contribution in [2.45, 2.75) is 24.9 Å². The molecule has 1 fully saturated rings. The smallest absolute Gasteiger partial charge is 0.139 e. The molecule has 0 amide bonds. The maximum atomic E-state index is 9.15. The van der Waals surface area contributed by atoms with Crippen LogP contribution in [0.3, 0.4) is 0 Å². The number of alkyl halides is 1. The van der Waals surface area contributed by atoms with Gasteiger partial charge in [0.2, 0.25) is 0 Å². The summed E-state index contributed by atoms with van der Waals surface area (Å²) in [6.45, 7) is 2.24. The van der Waals surface area contributed by atoms with Crippen molar-refractivity contribution >= 4 is 23.8 Å². The molecule has 0 aromatic rings. The van der Waals surface area contributed by atoms with E-state index in [1.54, 1.807) is 0 Å². The van der Waals surface area contributed by atoms with E-state index >= 15 is 0 Å². The fraction of sp³-hybridized carbons (Fsp3) is 1.00. The first-order chi connectivity index (χ1) is 5.14. The quantitative estimate of drug-likeness (QED) is 0.530. The number of hydrogen-bond acceptors (Lipinski definition) is 2. The fourth-order valence-electron chi connectivity index (χ4n) is 1.68. The molecule has 0 radical (unpaired) electrons. The van der Waals surface area contributed by atoms with E-state index in [1.807, 2.05) is 0 Å². The lowest BCUT2D eigenvalue weighted by molar-refractivity contribution is -0.0497. The summed E-state index contributed by atoms with van der Waals surface area (Å²) < 4.78 is 5.66. The van der Waals surface area contributed by atoms with Gasteiger partial charge in [-0.15, -0.1) is 0 Å². The Bertz CT molecular complexity index is 138. The summed E-state index contributed by atoms with van der Waals surface area (Å²) in [6.07, 6.45) is 1.05. The van der Waals surface area contributed by atoms with Gasteiger partial charge in [0.15, 0.2) is 0 Å². The highest BCUT2D eigenvalue weighted by Gasteiger charge is 2.43. The summed E-state index contributed by atoms with van der Waals surface area (Å²) in [5, 5.41) is 9.87. The first kappa shape index (κ1) is 9.55. The van der Waals surface area contributed by atoms with Gasteiger partial charge in [0.1, 0.15) is 13.4 Å². The number of hydrogen-bond donors (Lipinski definition) is 1. The van der Waals surface area contributed by atoms with Crippen LogP contribution in [-0.4, -0.2) is 36.5 Å². The molecule has 1 heterocycles. The van der Waals surface area contributed by atoms with Crippen LogP contribution in [0.4, 0.5) is 0 Å². The second kappa shape index (κ2) is 3.46. The van der Waals surface area contributed by atoms with E-state index in [1.165, 1.54) is 0 Å². The molecule has 0 aliphatic carbocycles. The Morgan fingerprint density at radius 1 is 1.82 bits per heavy atom. The molecular formula is C7H14BBrO2. The molecular weight excluding hydrogens is 207 g/mol. The van der Waals surface area contributed by atoms with E-state index in [-0.39, 0.29) is 18.2 Å². The molecule has 0 unspecified atom stereocenters. The number of ether oxygens (including phenoxy) is 1. The van der Waals surface area contributed by atoms with Crippen LogP contribution in [0.5, 0.6) is 0 Å². The van der Waals surface area contributed by atoms with Gasteiger partial charge in [-0.05, 0) is 12.3 Å². The third kappa shape index (κ3) is 1.63. The van der Waals surface area contributed by atoms with Crippen molar-refractivity contribution in [2.75, 3.05) is 11.9 Å². The van der Waals surface area contributed by atoms with Gasteiger partial charge in [-0.1, -0.05) is 22.9 Å². The van der Waals surface area contributed by atoms with Crippen LogP contribution in [0, 0.1) is 5.92 Å². The van der Waals surface area contributed by atoms with Gasteiger partial charge < -0.3 is 9.84 Å². The van der Waals surface area contributed by atoms with Crippen molar-refractivity contribution < 1.29 is 9.84 Å². The first-order valence-corrected chi connectivity index (χ1v) is 5.11. The standard InChI is InChI=1S/C7H14BBrO2/c1-5-2-6(8)11-7(5,3-9)4-10/h5-6,10H,2-4,8H2,1H3/t5-,6-,7-/m1/s1. The van der Waals surface area contributed by atoms with Gasteiger partial charge in [0.05, 0.1) is 6.61 Å². The normalized spacial score (nSPS) is 44.6. The third-order valence-electron chi connectivity index (χ3n) is 2.51. The summed E-state index contributed by atoms with van der Waals surface area (Å²) in [7, 11) is 2.05. The predicted molar refractivity (Wildman–Crippen MR) is 50.8 cm³/mol. The lowest BCUT2D eigenvalue weighted by atomic mass is 9.87. The summed E-state index contributed by atoms with van der Waals surface area (Å²) in [4.78, 5) is 0. The van der Waals surface area contributed by atoms with Gasteiger partial charge in [-0.2, -0.15) is 0 Å². The second-order valence-electron chi connectivity index (χ2n) is 3.42. The van der Waals surface area contributed by atoms with Crippen LogP contribution >= 0.6 is 15.9 Å². The van der Waals surface area contributed by atoms with Crippen molar-refractivity contribution in [1.82, 2.24) is 0 Å². The lowest BCUT2D eigenvalue weighted by Crippen LogP contribution is -2.40. The van der Waals surface area contributed by atoms with Gasteiger partial charge in [-0.3, -0.25) is 0 Å². The molecule has 3 atom stereocenters. The number of aliphatic hydroxyl groups excluding tert-OH is 1. The molecule has 1 N–H and O–H groups in total. The average molecular weight is 221 g/mol. The molecule has 11 heavy (non-hydrogen) atoms. The fourth-order valence-corrected chi connectivity index (χ4v) is 2.54. The monoisotopic (exact) mass is 220 g/mol. The van der Waals surface area contributed by atoms with E-state index in [4.69, 9.17) is 9.84 Å². The van der Waals surface area contributed by atoms with Crippen LogP contribution in [-0.2, 0) is 4.74 Å². The molecule has 4 heteroatoms. The minimum Gasteiger partial charge on any atom is -0.393 e. The maximum absolute atomic E-state index is 9.15. The second-order valence-corrected chi connectivity index (χ2v) is 3.98. The first-order valence-electron chi connectivity index (χ1n) is 3.99. The van der Waals surface area contributed by atoms with E-state index in [0.29, 0.717) is 5.92 Å². The Morgan fingerprint density at radius 3 is 2.64 bits per heavy atom. The highest BCUT2D eigenvalue weighted by molar-refractivity contribution is 9.09. The highest BCUT2D eigenvalue weighted by Crippen LogP contribution is 2.35. The predicted octanol–water partition coefficient (Wildman–Crippen LogP) is 0.128. The van der Waals surface area contributed by atoms with Gasteiger partial charge in [-0.25, -0.2) is 0 Å². The molecule has 1 aliphatic rings. The summed E-state index contributed by atoms with van der Waals surface area (Å²) in [5.74, 6) is 0.446. The van der Waals surface area contributed by atoms with Crippen molar-refractivity contribution in [3.05, 3.63) is 0 Å². The van der Waals surface area contributed by atoms with Crippen LogP contribution in [0.1, 0.15) is 13.3 Å². The molecule has 1 aliphatic heterocycles. The van der Waals surface area contributed by atoms with Gasteiger partial charge in [0, 0.05) is 11.3 Å². The SMILES string of the molecule is B[C@H]1C[C@@H](C)[C@](CO)(CBr)O1. The van der Waals surface area contributed by atoms with Gasteiger partial charge in [0.25, 0.3) is 0 Å². The topological polar surface area (TPSA) is 29.5 Å². The summed E-state index contributed by atoms with van der Waals surface area (Å²) >= 11 is 3.38. The molecule has 64 valence electrons. The molecule has 1 saturated heterocycles. The van der Waals surface area contributed by atoms with Crippen LogP contribution in [0.25, 0.3) is 0 Å². The van der Waals surface area contributed by atoms with Crippen molar-refractivity contribution in [2.24, 2.45) is 5.92 Å². The van der Waals surface area contributed by atoms with Crippen molar-refractivity contribution in [1.29, 1.82) is 0 Å². The van der Waals surface area contributed by atoms with Crippen LogP contribution in [0.15, 0.2) is 0 Å². The lowest BCUT2D eigenvalue weighted by Gasteiger charge is -2.28. The van der Waals surface area contributed by atoms with Crippen LogP contribution in [0.2, 0.25) is 0 Å². The third-order valence-corrected chi connectivity index (χ3v) is 3.46. The number of halogens is 1. The minimum atomic E-state index is -0.320. The van der Waals surface area contributed by atoms with E-state index in [0.717, 1.165) is 11.8 Å². The Balaban J connectivity index is 2.67. The van der Waals surface area contributed by atoms with Crippen molar-refractivity contribution in [3.63, 3.8) is 0 Å². The van der Waals surface area contributed by atoms with E-state index < -0.39 is 0 Å². The Morgan fingerprint density at radius 2 is 2.45 bits per heavy atom. The molecule has 0 bridgehead atoms. The van der Waals surface area contributed by atoms with Crippen LogP contribution < -0.4 is 0 Å². The number of rotatable bonds is 2. The van der Waals surface area contributed by atoms with E-state index in [2.05, 4.69) is 30.7 Å². The minimum absolute atomic E-state index is 0.115. The summed E-state index contributed by atoms with van der Waals surface area (Å²) in [6, 6.07) is 0.287. The number of aliphatic hydroxyl groups is 1. The molecule has 0 aromatic carbocycles. The summed E-state index contributed by atoms with van der Waals surface area (Å²) in [5.41, 5.74) is -0.320. The average Bonchev–Trinajstić information content (AvgIpc) is 2.27. The zero-order chi connectivity index (χ0) is 8.48. The molecule has 0 saturated carbocycles. The molecule has 1 rings (SSSR count). The zero-order valence-corrected chi connectivity index (χ0v) is 8.60. The van der Waals surface area contributed by atoms with Crippen molar-refractivity contribution in [3.8, 4) is 0 Å². The molecule has 2 nitrogen and oxygen atoms in total. The maximum Gasteiger partial charge on any atom is 0.139 e. The zero-order valence-electron chi connectivity index (χ0n) is 7.01. The Hall–Kier alpha value is 0.465. The largest absolute Gasteiger partial charge is 0.393 e. The molecule has 0 spiro atoms. The molecule has 0 aromatic heterocycles. The highest BCUT2D eigenvalue weighted by atomic mass is 79.9. The van der Waals surface area contributed by atoms with E-state index in [9.17, 15) is 0 Å².